The smallest absolute Gasteiger partial charge is 0.0999 e. The van der Waals surface area contributed by atoms with Crippen molar-refractivity contribution >= 4 is 0 Å². The van der Waals surface area contributed by atoms with E-state index in [2.05, 4.69) is 20.3 Å². The lowest BCUT2D eigenvalue weighted by atomic mass is 9.82. The molecule has 1 aliphatic heterocycles. The van der Waals surface area contributed by atoms with Crippen molar-refractivity contribution in [3.63, 3.8) is 0 Å². The van der Waals surface area contributed by atoms with Crippen LogP contribution >= 0.6 is 0 Å². The molecule has 1 N–H and O–H groups in total. The fourth-order valence-electron chi connectivity index (χ4n) is 2.89. The van der Waals surface area contributed by atoms with Crippen molar-refractivity contribution < 1.29 is 4.74 Å². The van der Waals surface area contributed by atoms with Gasteiger partial charge in [0.15, 0.2) is 0 Å². The summed E-state index contributed by atoms with van der Waals surface area (Å²) in [7, 11) is 1.96. The van der Waals surface area contributed by atoms with Gasteiger partial charge in [-0.2, -0.15) is 0 Å². The third-order valence-electron chi connectivity index (χ3n) is 4.08. The van der Waals surface area contributed by atoms with Gasteiger partial charge in [-0.15, -0.1) is 5.10 Å². The molecule has 0 radical (unpaired) electrons. The minimum atomic E-state index is 0.341. The standard InChI is InChI=1S/C13H22N4O/c1-14-8-12-13(10-4-2-5-10)17(16-15-12)9-11-6-3-7-18-11/h10-11,14H,2-9H2,1H3. The van der Waals surface area contributed by atoms with Crippen LogP contribution in [0.15, 0.2) is 0 Å². The lowest BCUT2D eigenvalue weighted by Gasteiger charge is -2.27. The van der Waals surface area contributed by atoms with Crippen molar-refractivity contribution in [3.8, 4) is 0 Å². The Balaban J connectivity index is 1.78. The highest BCUT2D eigenvalue weighted by atomic mass is 16.5. The van der Waals surface area contributed by atoms with Gasteiger partial charge in [-0.3, -0.25) is 0 Å². The maximum atomic E-state index is 5.71. The van der Waals surface area contributed by atoms with E-state index in [0.717, 1.165) is 31.8 Å². The lowest BCUT2D eigenvalue weighted by molar-refractivity contribution is 0.0919. The van der Waals surface area contributed by atoms with E-state index in [1.54, 1.807) is 0 Å². The predicted molar refractivity (Wildman–Crippen MR) is 68.4 cm³/mol. The number of rotatable bonds is 5. The Hall–Kier alpha value is -0.940. The zero-order chi connectivity index (χ0) is 12.4. The molecule has 0 amide bonds. The summed E-state index contributed by atoms with van der Waals surface area (Å²) < 4.78 is 7.81. The van der Waals surface area contributed by atoms with Crippen LogP contribution in [0.3, 0.4) is 0 Å². The van der Waals surface area contributed by atoms with Crippen LogP contribution in [-0.4, -0.2) is 34.8 Å². The molecule has 0 bridgehead atoms. The quantitative estimate of drug-likeness (QED) is 0.859. The minimum Gasteiger partial charge on any atom is -0.376 e. The second kappa shape index (κ2) is 5.36. The van der Waals surface area contributed by atoms with Gasteiger partial charge in [-0.1, -0.05) is 11.6 Å². The maximum Gasteiger partial charge on any atom is 0.0999 e. The highest BCUT2D eigenvalue weighted by Gasteiger charge is 2.28. The number of hydrogen-bond acceptors (Lipinski definition) is 4. The Kier molecular flexibility index (Phi) is 3.61. The van der Waals surface area contributed by atoms with Gasteiger partial charge in [0.1, 0.15) is 0 Å². The Morgan fingerprint density at radius 2 is 2.22 bits per heavy atom. The summed E-state index contributed by atoms with van der Waals surface area (Å²) in [4.78, 5) is 0. The number of nitrogens with one attached hydrogen (secondary N) is 1. The summed E-state index contributed by atoms with van der Waals surface area (Å²) in [5.74, 6) is 0.671. The van der Waals surface area contributed by atoms with Crippen molar-refractivity contribution in [2.24, 2.45) is 0 Å². The minimum absolute atomic E-state index is 0.341. The van der Waals surface area contributed by atoms with Gasteiger partial charge in [0.25, 0.3) is 0 Å². The highest BCUT2D eigenvalue weighted by molar-refractivity contribution is 5.18. The van der Waals surface area contributed by atoms with Gasteiger partial charge in [-0.25, -0.2) is 4.68 Å². The molecule has 2 heterocycles. The summed E-state index contributed by atoms with van der Waals surface area (Å²) in [6.45, 7) is 2.60. The molecule has 5 heteroatoms. The number of aromatic nitrogens is 3. The van der Waals surface area contributed by atoms with Crippen LogP contribution in [0.2, 0.25) is 0 Å². The van der Waals surface area contributed by atoms with E-state index in [-0.39, 0.29) is 0 Å². The molecule has 1 aliphatic carbocycles. The molecule has 2 aliphatic rings. The fourth-order valence-corrected chi connectivity index (χ4v) is 2.89. The molecule has 2 fully saturated rings. The van der Waals surface area contributed by atoms with Gasteiger partial charge in [0.2, 0.25) is 0 Å². The SMILES string of the molecule is CNCc1nnn(CC2CCCO2)c1C1CCC1. The van der Waals surface area contributed by atoms with Crippen LogP contribution in [0.25, 0.3) is 0 Å². The van der Waals surface area contributed by atoms with Crippen molar-refractivity contribution in [2.75, 3.05) is 13.7 Å². The first kappa shape index (κ1) is 12.1. The summed E-state index contributed by atoms with van der Waals surface area (Å²) in [5.41, 5.74) is 2.48. The lowest BCUT2D eigenvalue weighted by Crippen LogP contribution is -2.23. The summed E-state index contributed by atoms with van der Waals surface area (Å²) >= 11 is 0. The van der Waals surface area contributed by atoms with Crippen LogP contribution in [0, 0.1) is 0 Å². The first-order valence-electron chi connectivity index (χ1n) is 7.07. The van der Waals surface area contributed by atoms with E-state index in [1.165, 1.54) is 31.4 Å². The molecular formula is C13H22N4O. The molecule has 1 aromatic heterocycles. The number of ether oxygens (including phenoxy) is 1. The number of nitrogens with zero attached hydrogens (tertiary/aromatic N) is 3. The van der Waals surface area contributed by atoms with E-state index in [4.69, 9.17) is 4.74 Å². The first-order chi connectivity index (χ1) is 8.88. The van der Waals surface area contributed by atoms with Crippen molar-refractivity contribution in [1.82, 2.24) is 20.3 Å². The van der Waals surface area contributed by atoms with E-state index in [1.807, 2.05) is 7.05 Å². The van der Waals surface area contributed by atoms with Crippen LogP contribution < -0.4 is 5.32 Å². The zero-order valence-electron chi connectivity index (χ0n) is 11.1. The van der Waals surface area contributed by atoms with E-state index < -0.39 is 0 Å². The first-order valence-corrected chi connectivity index (χ1v) is 7.07. The maximum absolute atomic E-state index is 5.71. The molecule has 3 rings (SSSR count). The zero-order valence-corrected chi connectivity index (χ0v) is 11.1. The van der Waals surface area contributed by atoms with Gasteiger partial charge in [0, 0.05) is 19.1 Å². The number of hydrogen-bond donors (Lipinski definition) is 1. The Bertz CT molecular complexity index is 394. The normalized spacial score (nSPS) is 24.4. The van der Waals surface area contributed by atoms with Crippen molar-refractivity contribution in [2.45, 2.75) is 57.2 Å². The largest absolute Gasteiger partial charge is 0.376 e. The predicted octanol–water partition coefficient (Wildman–Crippen LogP) is 1.44. The van der Waals surface area contributed by atoms with E-state index >= 15 is 0 Å². The summed E-state index contributed by atoms with van der Waals surface area (Å²) in [6, 6.07) is 0. The molecular weight excluding hydrogens is 228 g/mol. The molecule has 0 aromatic carbocycles. The van der Waals surface area contributed by atoms with Crippen LogP contribution in [-0.2, 0) is 17.8 Å². The molecule has 5 nitrogen and oxygen atoms in total. The van der Waals surface area contributed by atoms with Crippen LogP contribution in [0.5, 0.6) is 0 Å². The van der Waals surface area contributed by atoms with Gasteiger partial charge < -0.3 is 10.1 Å². The van der Waals surface area contributed by atoms with Gasteiger partial charge in [0.05, 0.1) is 24.0 Å². The second-order valence-corrected chi connectivity index (χ2v) is 5.40. The fraction of sp³-hybridized carbons (Fsp3) is 0.846. The van der Waals surface area contributed by atoms with Crippen LogP contribution in [0.1, 0.15) is 49.4 Å². The average molecular weight is 250 g/mol. The molecule has 1 saturated heterocycles. The second-order valence-electron chi connectivity index (χ2n) is 5.40. The topological polar surface area (TPSA) is 52.0 Å². The van der Waals surface area contributed by atoms with Gasteiger partial charge >= 0.3 is 0 Å². The Morgan fingerprint density at radius 3 is 2.83 bits per heavy atom. The van der Waals surface area contributed by atoms with Crippen LogP contribution in [0.4, 0.5) is 0 Å². The molecule has 100 valence electrons. The molecule has 0 spiro atoms. The van der Waals surface area contributed by atoms with Gasteiger partial charge in [-0.05, 0) is 32.7 Å². The highest BCUT2D eigenvalue weighted by Crippen LogP contribution is 2.37. The average Bonchev–Trinajstić information content (AvgIpc) is 2.91. The van der Waals surface area contributed by atoms with E-state index in [0.29, 0.717) is 12.0 Å². The van der Waals surface area contributed by atoms with Crippen molar-refractivity contribution in [3.05, 3.63) is 11.4 Å². The molecule has 1 atom stereocenters. The molecule has 1 saturated carbocycles. The monoisotopic (exact) mass is 250 g/mol. The third kappa shape index (κ3) is 2.29. The molecule has 18 heavy (non-hydrogen) atoms. The molecule has 1 unspecified atom stereocenters. The third-order valence-corrected chi connectivity index (χ3v) is 4.08. The Morgan fingerprint density at radius 1 is 1.33 bits per heavy atom. The van der Waals surface area contributed by atoms with E-state index in [9.17, 15) is 0 Å². The van der Waals surface area contributed by atoms with Crippen molar-refractivity contribution in [1.29, 1.82) is 0 Å². The summed E-state index contributed by atoms with van der Waals surface area (Å²) in [6.07, 6.45) is 6.60. The summed E-state index contributed by atoms with van der Waals surface area (Å²) in [5, 5.41) is 11.9. The Labute approximate surface area is 108 Å². The molecule has 1 aromatic rings.